The van der Waals surface area contributed by atoms with Gasteiger partial charge in [0.25, 0.3) is 0 Å². The van der Waals surface area contributed by atoms with Gasteiger partial charge in [-0.05, 0) is 45.5 Å². The number of rotatable bonds is 6. The van der Waals surface area contributed by atoms with Crippen molar-refractivity contribution >= 4 is 0 Å². The van der Waals surface area contributed by atoms with Gasteiger partial charge in [0.1, 0.15) is 0 Å². The van der Waals surface area contributed by atoms with Crippen LogP contribution >= 0.6 is 0 Å². The van der Waals surface area contributed by atoms with E-state index < -0.39 is 0 Å². The molecule has 1 aliphatic rings. The maximum atomic E-state index is 5.74. The molecule has 0 radical (unpaired) electrons. The summed E-state index contributed by atoms with van der Waals surface area (Å²) < 4.78 is 5.74. The highest BCUT2D eigenvalue weighted by Gasteiger charge is 2.20. The third-order valence-corrected chi connectivity index (χ3v) is 3.47. The molecule has 2 heterocycles. The van der Waals surface area contributed by atoms with Gasteiger partial charge in [-0.3, -0.25) is 9.88 Å². The zero-order chi connectivity index (χ0) is 13.5. The molecule has 0 spiro atoms. The number of likely N-dealkylation sites (tertiary alicyclic amines) is 1. The van der Waals surface area contributed by atoms with Crippen LogP contribution in [0.5, 0.6) is 0 Å². The molecular weight excluding hydrogens is 238 g/mol. The fourth-order valence-corrected chi connectivity index (χ4v) is 2.65. The number of nitrogens with zero attached hydrogens (tertiary/aromatic N) is 2. The van der Waals surface area contributed by atoms with Gasteiger partial charge in [-0.1, -0.05) is 6.07 Å². The highest BCUT2D eigenvalue weighted by Crippen LogP contribution is 2.15. The Morgan fingerprint density at radius 2 is 2.26 bits per heavy atom. The highest BCUT2D eigenvalue weighted by molar-refractivity contribution is 5.11. The maximum absolute atomic E-state index is 5.74. The van der Waals surface area contributed by atoms with Crippen molar-refractivity contribution in [3.8, 4) is 0 Å². The quantitative estimate of drug-likeness (QED) is 0.849. The predicted molar refractivity (Wildman–Crippen MR) is 76.9 cm³/mol. The largest absolute Gasteiger partial charge is 0.377 e. The molecule has 1 unspecified atom stereocenters. The number of ether oxygens (including phenoxy) is 1. The van der Waals surface area contributed by atoms with E-state index in [1.165, 1.54) is 12.8 Å². The van der Waals surface area contributed by atoms with Crippen LogP contribution in [-0.4, -0.2) is 42.7 Å². The van der Waals surface area contributed by atoms with Crippen molar-refractivity contribution in [1.82, 2.24) is 15.2 Å². The van der Waals surface area contributed by atoms with Crippen LogP contribution in [0.1, 0.15) is 31.2 Å². The Bertz CT molecular complexity index is 381. The van der Waals surface area contributed by atoms with Gasteiger partial charge in [0.05, 0.1) is 17.5 Å². The zero-order valence-corrected chi connectivity index (χ0v) is 12.1. The molecule has 0 amide bonds. The molecular formula is C15H25N3O. The Morgan fingerprint density at radius 1 is 1.42 bits per heavy atom. The highest BCUT2D eigenvalue weighted by atomic mass is 16.5. The summed E-state index contributed by atoms with van der Waals surface area (Å²) in [7, 11) is 1.95. The topological polar surface area (TPSA) is 37.4 Å². The first-order valence-electron chi connectivity index (χ1n) is 7.25. The van der Waals surface area contributed by atoms with Crippen LogP contribution in [0.3, 0.4) is 0 Å². The first-order chi connectivity index (χ1) is 9.31. The van der Waals surface area contributed by atoms with Crippen LogP contribution in [0.25, 0.3) is 0 Å². The Balaban J connectivity index is 1.90. The van der Waals surface area contributed by atoms with Crippen molar-refractivity contribution in [1.29, 1.82) is 0 Å². The first-order valence-corrected chi connectivity index (χ1v) is 7.25. The summed E-state index contributed by atoms with van der Waals surface area (Å²) in [4.78, 5) is 7.14. The van der Waals surface area contributed by atoms with Gasteiger partial charge in [-0.2, -0.15) is 0 Å². The molecule has 1 aromatic heterocycles. The zero-order valence-electron chi connectivity index (χ0n) is 12.1. The number of hydrogen-bond donors (Lipinski definition) is 1. The van der Waals surface area contributed by atoms with Crippen molar-refractivity contribution in [2.75, 3.05) is 26.7 Å². The van der Waals surface area contributed by atoms with Crippen LogP contribution in [0.2, 0.25) is 0 Å². The summed E-state index contributed by atoms with van der Waals surface area (Å²) in [6.07, 6.45) is 2.82. The van der Waals surface area contributed by atoms with Gasteiger partial charge in [0.15, 0.2) is 0 Å². The molecule has 2 rings (SSSR count). The smallest absolute Gasteiger partial charge is 0.0702 e. The summed E-state index contributed by atoms with van der Waals surface area (Å²) in [5.41, 5.74) is 2.27. The Hall–Kier alpha value is -0.970. The minimum absolute atomic E-state index is 0.402. The minimum Gasteiger partial charge on any atom is -0.377 e. The number of hydrogen-bond acceptors (Lipinski definition) is 4. The van der Waals surface area contributed by atoms with Crippen molar-refractivity contribution in [3.05, 3.63) is 29.6 Å². The lowest BCUT2D eigenvalue weighted by molar-refractivity contribution is 0.00330. The van der Waals surface area contributed by atoms with E-state index in [0.29, 0.717) is 6.10 Å². The number of pyridine rings is 1. The van der Waals surface area contributed by atoms with Crippen LogP contribution in [0.4, 0.5) is 0 Å². The fraction of sp³-hybridized carbons (Fsp3) is 0.667. The van der Waals surface area contributed by atoms with E-state index in [1.54, 1.807) is 0 Å². The van der Waals surface area contributed by atoms with Crippen LogP contribution in [-0.2, 0) is 17.8 Å². The second-order valence-electron chi connectivity index (χ2n) is 5.11. The molecule has 1 fully saturated rings. The standard InChI is InChI=1S/C15H25N3O/c1-3-19-15-8-5-9-18(12-15)11-14-7-4-6-13(17-14)10-16-2/h4,6-7,15-16H,3,5,8-12H2,1-2H3. The van der Waals surface area contributed by atoms with E-state index in [0.717, 1.165) is 44.2 Å². The Kier molecular flexibility index (Phi) is 5.76. The predicted octanol–water partition coefficient (Wildman–Crippen LogP) is 1.80. The average Bonchev–Trinajstić information content (AvgIpc) is 2.40. The van der Waals surface area contributed by atoms with Crippen LogP contribution in [0, 0.1) is 0 Å². The molecule has 19 heavy (non-hydrogen) atoms. The second-order valence-corrected chi connectivity index (χ2v) is 5.11. The molecule has 1 N–H and O–H groups in total. The molecule has 1 aliphatic heterocycles. The lowest BCUT2D eigenvalue weighted by atomic mass is 10.1. The summed E-state index contributed by atoms with van der Waals surface area (Å²) in [6.45, 7) is 6.83. The summed E-state index contributed by atoms with van der Waals surface area (Å²) in [5, 5.41) is 3.14. The third kappa shape index (κ3) is 4.56. The molecule has 0 aromatic carbocycles. The molecule has 1 saturated heterocycles. The summed E-state index contributed by atoms with van der Waals surface area (Å²) >= 11 is 0. The van der Waals surface area contributed by atoms with Gasteiger partial charge in [0, 0.05) is 26.2 Å². The normalized spacial score (nSPS) is 20.6. The van der Waals surface area contributed by atoms with Crippen LogP contribution in [0.15, 0.2) is 18.2 Å². The van der Waals surface area contributed by atoms with Crippen molar-refractivity contribution in [2.24, 2.45) is 0 Å². The van der Waals surface area contributed by atoms with E-state index in [-0.39, 0.29) is 0 Å². The van der Waals surface area contributed by atoms with Crippen molar-refractivity contribution in [2.45, 2.75) is 39.0 Å². The minimum atomic E-state index is 0.402. The van der Waals surface area contributed by atoms with E-state index >= 15 is 0 Å². The van der Waals surface area contributed by atoms with E-state index in [2.05, 4.69) is 40.3 Å². The van der Waals surface area contributed by atoms with Gasteiger partial charge >= 0.3 is 0 Å². The average molecular weight is 263 g/mol. The fourth-order valence-electron chi connectivity index (χ4n) is 2.65. The molecule has 4 heteroatoms. The molecule has 4 nitrogen and oxygen atoms in total. The lowest BCUT2D eigenvalue weighted by Crippen LogP contribution is -2.39. The summed E-state index contributed by atoms with van der Waals surface area (Å²) in [6, 6.07) is 6.28. The lowest BCUT2D eigenvalue weighted by Gasteiger charge is -2.32. The van der Waals surface area contributed by atoms with Gasteiger partial charge < -0.3 is 10.1 Å². The van der Waals surface area contributed by atoms with Crippen molar-refractivity contribution in [3.63, 3.8) is 0 Å². The number of aromatic nitrogens is 1. The van der Waals surface area contributed by atoms with E-state index in [1.807, 2.05) is 7.05 Å². The molecule has 0 bridgehead atoms. The molecule has 0 saturated carbocycles. The first kappa shape index (κ1) is 14.4. The second kappa shape index (κ2) is 7.58. The van der Waals surface area contributed by atoms with E-state index in [9.17, 15) is 0 Å². The maximum Gasteiger partial charge on any atom is 0.0702 e. The summed E-state index contributed by atoms with van der Waals surface area (Å²) in [5.74, 6) is 0. The molecule has 106 valence electrons. The number of nitrogens with one attached hydrogen (secondary N) is 1. The Morgan fingerprint density at radius 3 is 3.05 bits per heavy atom. The number of piperidine rings is 1. The molecule has 0 aliphatic carbocycles. The molecule has 1 atom stereocenters. The SMILES string of the molecule is CCOC1CCCN(Cc2cccc(CNC)n2)C1. The van der Waals surface area contributed by atoms with Gasteiger partial charge in [-0.15, -0.1) is 0 Å². The van der Waals surface area contributed by atoms with Gasteiger partial charge in [-0.25, -0.2) is 0 Å². The monoisotopic (exact) mass is 263 g/mol. The van der Waals surface area contributed by atoms with Crippen LogP contribution < -0.4 is 5.32 Å². The van der Waals surface area contributed by atoms with E-state index in [4.69, 9.17) is 4.74 Å². The Labute approximate surface area is 116 Å². The third-order valence-electron chi connectivity index (χ3n) is 3.47. The molecule has 1 aromatic rings. The van der Waals surface area contributed by atoms with Gasteiger partial charge in [0.2, 0.25) is 0 Å². The van der Waals surface area contributed by atoms with Crippen molar-refractivity contribution < 1.29 is 4.74 Å².